The average Bonchev–Trinajstić information content (AvgIpc) is 2.99. The van der Waals surface area contributed by atoms with Crippen LogP contribution in [0.15, 0.2) is 12.4 Å². The first-order chi connectivity index (χ1) is 8.09. The van der Waals surface area contributed by atoms with E-state index in [-0.39, 0.29) is 11.8 Å². The minimum atomic E-state index is -0.880. The van der Waals surface area contributed by atoms with Crippen molar-refractivity contribution >= 4 is 11.9 Å². The highest BCUT2D eigenvalue weighted by atomic mass is 16.4. The Morgan fingerprint density at radius 2 is 2.35 bits per heavy atom. The lowest BCUT2D eigenvalue weighted by Gasteiger charge is -2.04. The maximum Gasteiger partial charge on any atom is 0.307 e. The molecule has 2 unspecified atom stereocenters. The highest BCUT2D eigenvalue weighted by Gasteiger charge is 2.48. The van der Waals surface area contributed by atoms with Gasteiger partial charge in [-0.15, -0.1) is 0 Å². The predicted octanol–water partition coefficient (Wildman–Crippen LogP) is -0.200. The van der Waals surface area contributed by atoms with Gasteiger partial charge in [-0.05, 0) is 6.42 Å². The van der Waals surface area contributed by atoms with Gasteiger partial charge in [-0.25, -0.2) is 4.98 Å². The van der Waals surface area contributed by atoms with Crippen LogP contribution in [0.4, 0.5) is 0 Å². The molecule has 0 bridgehead atoms. The molecule has 0 saturated heterocycles. The van der Waals surface area contributed by atoms with Crippen LogP contribution in [0.1, 0.15) is 12.2 Å². The van der Waals surface area contributed by atoms with Crippen molar-refractivity contribution in [3.05, 3.63) is 18.2 Å². The number of carboxylic acids is 1. The predicted molar refractivity (Wildman–Crippen MR) is 59.2 cm³/mol. The first-order valence-corrected chi connectivity index (χ1v) is 5.56. The lowest BCUT2D eigenvalue weighted by molar-refractivity contribution is -0.140. The zero-order valence-electron chi connectivity index (χ0n) is 9.59. The van der Waals surface area contributed by atoms with E-state index < -0.39 is 11.9 Å². The Balaban J connectivity index is 1.71. The Morgan fingerprint density at radius 3 is 2.88 bits per heavy atom. The van der Waals surface area contributed by atoms with E-state index in [1.807, 2.05) is 17.8 Å². The molecule has 6 heteroatoms. The number of hydrogen-bond donors (Lipinski definition) is 2. The molecule has 6 nitrogen and oxygen atoms in total. The van der Waals surface area contributed by atoms with Crippen LogP contribution in [0.3, 0.4) is 0 Å². The van der Waals surface area contributed by atoms with E-state index in [4.69, 9.17) is 5.11 Å². The average molecular weight is 237 g/mol. The fraction of sp³-hybridized carbons (Fsp3) is 0.545. The van der Waals surface area contributed by atoms with E-state index >= 15 is 0 Å². The molecule has 1 heterocycles. The van der Waals surface area contributed by atoms with Crippen LogP contribution in [-0.4, -0.2) is 33.1 Å². The number of aliphatic carboxylic acids is 1. The van der Waals surface area contributed by atoms with Gasteiger partial charge in [-0.2, -0.15) is 0 Å². The summed E-state index contributed by atoms with van der Waals surface area (Å²) in [5.74, 6) is -0.964. The van der Waals surface area contributed by atoms with Crippen LogP contribution in [0.25, 0.3) is 0 Å². The molecule has 2 atom stereocenters. The first-order valence-electron chi connectivity index (χ1n) is 5.56. The SMILES string of the molecule is Cn1ccnc1CCNC(=O)C1CC1C(=O)O. The van der Waals surface area contributed by atoms with E-state index in [0.29, 0.717) is 19.4 Å². The third-order valence-electron chi connectivity index (χ3n) is 3.01. The van der Waals surface area contributed by atoms with Gasteiger partial charge in [-0.1, -0.05) is 0 Å². The molecule has 0 aliphatic heterocycles. The molecule has 0 aromatic carbocycles. The molecule has 1 saturated carbocycles. The minimum absolute atomic E-state index is 0.161. The van der Waals surface area contributed by atoms with Crippen LogP contribution in [-0.2, 0) is 23.1 Å². The summed E-state index contributed by atoms with van der Waals surface area (Å²) in [7, 11) is 1.89. The molecular weight excluding hydrogens is 222 g/mol. The molecule has 1 aliphatic rings. The van der Waals surface area contributed by atoms with Crippen molar-refractivity contribution in [3.8, 4) is 0 Å². The highest BCUT2D eigenvalue weighted by molar-refractivity contribution is 5.89. The summed E-state index contributed by atoms with van der Waals surface area (Å²) < 4.78 is 1.89. The Kier molecular flexibility index (Phi) is 3.12. The van der Waals surface area contributed by atoms with Gasteiger partial charge in [0.15, 0.2) is 0 Å². The van der Waals surface area contributed by atoms with Gasteiger partial charge in [0.05, 0.1) is 11.8 Å². The molecule has 92 valence electrons. The summed E-state index contributed by atoms with van der Waals surface area (Å²) in [6.45, 7) is 0.493. The van der Waals surface area contributed by atoms with Crippen LogP contribution >= 0.6 is 0 Å². The topological polar surface area (TPSA) is 84.2 Å². The van der Waals surface area contributed by atoms with Crippen molar-refractivity contribution in [1.82, 2.24) is 14.9 Å². The number of amides is 1. The maximum atomic E-state index is 11.5. The quantitative estimate of drug-likeness (QED) is 0.742. The monoisotopic (exact) mass is 237 g/mol. The van der Waals surface area contributed by atoms with Gasteiger partial charge in [0, 0.05) is 32.4 Å². The third-order valence-corrected chi connectivity index (χ3v) is 3.01. The summed E-state index contributed by atoms with van der Waals surface area (Å²) in [6.07, 6.45) is 4.67. The molecule has 1 aromatic rings. The second-order valence-electron chi connectivity index (χ2n) is 4.28. The second-order valence-corrected chi connectivity index (χ2v) is 4.28. The molecule has 0 radical (unpaired) electrons. The fourth-order valence-electron chi connectivity index (χ4n) is 1.82. The van der Waals surface area contributed by atoms with E-state index in [0.717, 1.165) is 5.82 Å². The standard InChI is InChI=1S/C11H15N3O3/c1-14-5-4-12-9(14)2-3-13-10(15)7-6-8(7)11(16)17/h4-5,7-8H,2-3,6H2,1H3,(H,13,15)(H,16,17). The molecular formula is C11H15N3O3. The van der Waals surface area contributed by atoms with Crippen molar-refractivity contribution in [3.63, 3.8) is 0 Å². The summed E-state index contributed by atoms with van der Waals surface area (Å²) in [5, 5.41) is 11.4. The van der Waals surface area contributed by atoms with Gasteiger partial charge in [-0.3, -0.25) is 9.59 Å². The fourth-order valence-corrected chi connectivity index (χ4v) is 1.82. The number of carbonyl (C=O) groups is 2. The highest BCUT2D eigenvalue weighted by Crippen LogP contribution is 2.38. The molecule has 1 fully saturated rings. The number of aryl methyl sites for hydroxylation is 1. The summed E-state index contributed by atoms with van der Waals surface area (Å²) >= 11 is 0. The minimum Gasteiger partial charge on any atom is -0.481 e. The van der Waals surface area contributed by atoms with Crippen LogP contribution in [0.2, 0.25) is 0 Å². The smallest absolute Gasteiger partial charge is 0.307 e. The molecule has 1 aromatic heterocycles. The van der Waals surface area contributed by atoms with Crippen LogP contribution in [0.5, 0.6) is 0 Å². The Bertz CT molecular complexity index is 441. The van der Waals surface area contributed by atoms with Gasteiger partial charge < -0.3 is 15.0 Å². The number of nitrogens with zero attached hydrogens (tertiary/aromatic N) is 2. The number of nitrogens with one attached hydrogen (secondary N) is 1. The van der Waals surface area contributed by atoms with E-state index in [2.05, 4.69) is 10.3 Å². The first kappa shape index (κ1) is 11.6. The number of imidazole rings is 1. The lowest BCUT2D eigenvalue weighted by atomic mass is 10.3. The molecule has 1 amide bonds. The normalized spacial score (nSPS) is 22.2. The van der Waals surface area contributed by atoms with Crippen molar-refractivity contribution in [2.24, 2.45) is 18.9 Å². The van der Waals surface area contributed by atoms with Crippen LogP contribution < -0.4 is 5.32 Å². The van der Waals surface area contributed by atoms with Crippen molar-refractivity contribution in [2.75, 3.05) is 6.54 Å². The molecule has 0 spiro atoms. The van der Waals surface area contributed by atoms with E-state index in [9.17, 15) is 9.59 Å². The summed E-state index contributed by atoms with van der Waals surface area (Å²) in [5.41, 5.74) is 0. The third kappa shape index (κ3) is 2.64. The van der Waals surface area contributed by atoms with Gasteiger partial charge in [0.25, 0.3) is 0 Å². The lowest BCUT2D eigenvalue weighted by Crippen LogP contribution is -2.28. The number of aromatic nitrogens is 2. The molecule has 2 N–H and O–H groups in total. The zero-order chi connectivity index (χ0) is 12.4. The number of rotatable bonds is 5. The van der Waals surface area contributed by atoms with Crippen LogP contribution in [0, 0.1) is 11.8 Å². The van der Waals surface area contributed by atoms with Gasteiger partial charge in [0.2, 0.25) is 5.91 Å². The molecule has 17 heavy (non-hydrogen) atoms. The van der Waals surface area contributed by atoms with Crippen molar-refractivity contribution < 1.29 is 14.7 Å². The van der Waals surface area contributed by atoms with E-state index in [1.54, 1.807) is 6.20 Å². The maximum absolute atomic E-state index is 11.5. The Labute approximate surface area is 98.7 Å². The van der Waals surface area contributed by atoms with Crippen molar-refractivity contribution in [2.45, 2.75) is 12.8 Å². The summed E-state index contributed by atoms with van der Waals surface area (Å²) in [4.78, 5) is 26.3. The summed E-state index contributed by atoms with van der Waals surface area (Å²) in [6, 6.07) is 0. The van der Waals surface area contributed by atoms with E-state index in [1.165, 1.54) is 0 Å². The number of carboxylic acid groups (broad SMARTS) is 1. The van der Waals surface area contributed by atoms with Crippen molar-refractivity contribution in [1.29, 1.82) is 0 Å². The Morgan fingerprint density at radius 1 is 1.59 bits per heavy atom. The zero-order valence-corrected chi connectivity index (χ0v) is 9.59. The largest absolute Gasteiger partial charge is 0.481 e. The number of carbonyl (C=O) groups excluding carboxylic acids is 1. The second kappa shape index (κ2) is 4.57. The van der Waals surface area contributed by atoms with Gasteiger partial charge >= 0.3 is 5.97 Å². The molecule has 2 rings (SSSR count). The Hall–Kier alpha value is -1.85. The number of hydrogen-bond acceptors (Lipinski definition) is 3. The van der Waals surface area contributed by atoms with Gasteiger partial charge in [0.1, 0.15) is 5.82 Å². The molecule has 1 aliphatic carbocycles.